The van der Waals surface area contributed by atoms with Crippen LogP contribution in [0.1, 0.15) is 41.2 Å². The first-order chi connectivity index (χ1) is 12.2. The molecule has 5 heteroatoms. The fourth-order valence-corrected chi connectivity index (χ4v) is 3.53. The topological polar surface area (TPSA) is 46.1 Å². The van der Waals surface area contributed by atoms with E-state index in [1.54, 1.807) is 30.6 Å². The Kier molecular flexibility index (Phi) is 4.14. The number of nitrogens with zero attached hydrogens (tertiary/aromatic N) is 3. The number of benzene rings is 2. The first-order valence-corrected chi connectivity index (χ1v) is 8.50. The molecule has 4 nitrogen and oxygen atoms in total. The third-order valence-corrected chi connectivity index (χ3v) is 4.75. The molecule has 1 saturated heterocycles. The van der Waals surface area contributed by atoms with Crippen molar-refractivity contribution in [3.8, 4) is 0 Å². The van der Waals surface area contributed by atoms with E-state index >= 15 is 0 Å². The lowest BCUT2D eigenvalue weighted by Crippen LogP contribution is -2.38. The minimum atomic E-state index is -0.262. The fraction of sp³-hybridized carbons (Fsp3) is 0.250. The quantitative estimate of drug-likeness (QED) is 0.707. The van der Waals surface area contributed by atoms with Crippen LogP contribution in [0.4, 0.5) is 4.39 Å². The number of hydrogen-bond acceptors (Lipinski definition) is 3. The molecule has 1 atom stereocenters. The van der Waals surface area contributed by atoms with Crippen molar-refractivity contribution in [1.29, 1.82) is 0 Å². The number of piperidine rings is 1. The van der Waals surface area contributed by atoms with Crippen LogP contribution in [0.2, 0.25) is 0 Å². The van der Waals surface area contributed by atoms with Crippen LogP contribution in [0.5, 0.6) is 0 Å². The molecule has 0 N–H and O–H groups in total. The van der Waals surface area contributed by atoms with E-state index in [2.05, 4.69) is 9.97 Å². The van der Waals surface area contributed by atoms with E-state index in [4.69, 9.17) is 0 Å². The number of carbonyl (C=O) groups excluding carboxylic acids is 1. The maximum absolute atomic E-state index is 13.3. The summed E-state index contributed by atoms with van der Waals surface area (Å²) >= 11 is 0. The molecule has 2 heterocycles. The number of amides is 1. The first kappa shape index (κ1) is 15.7. The van der Waals surface area contributed by atoms with Crippen LogP contribution in [0.3, 0.4) is 0 Å². The molecular formula is C20H18FN3O. The van der Waals surface area contributed by atoms with Gasteiger partial charge in [0.25, 0.3) is 5.91 Å². The van der Waals surface area contributed by atoms with Crippen molar-refractivity contribution in [3.05, 3.63) is 71.8 Å². The van der Waals surface area contributed by atoms with Gasteiger partial charge in [0.1, 0.15) is 11.3 Å². The van der Waals surface area contributed by atoms with Gasteiger partial charge in [0.15, 0.2) is 0 Å². The maximum Gasteiger partial charge on any atom is 0.256 e. The number of para-hydroxylation sites is 1. The van der Waals surface area contributed by atoms with Crippen LogP contribution in [-0.2, 0) is 0 Å². The molecular weight excluding hydrogens is 317 g/mol. The Balaban J connectivity index is 1.72. The molecule has 0 bridgehead atoms. The molecule has 4 rings (SSSR count). The van der Waals surface area contributed by atoms with Gasteiger partial charge in [0.2, 0.25) is 0 Å². The predicted octanol–water partition coefficient (Wildman–Crippen LogP) is 4.14. The number of likely N-dealkylation sites (tertiary alicyclic amines) is 1. The van der Waals surface area contributed by atoms with Crippen molar-refractivity contribution in [2.24, 2.45) is 0 Å². The van der Waals surface area contributed by atoms with Crippen LogP contribution >= 0.6 is 0 Å². The Morgan fingerprint density at radius 3 is 2.68 bits per heavy atom. The average molecular weight is 335 g/mol. The summed E-state index contributed by atoms with van der Waals surface area (Å²) in [4.78, 5) is 23.8. The second kappa shape index (κ2) is 6.59. The molecule has 0 saturated carbocycles. The molecule has 0 spiro atoms. The van der Waals surface area contributed by atoms with E-state index < -0.39 is 0 Å². The lowest BCUT2D eigenvalue weighted by molar-refractivity contribution is 0.0613. The molecule has 126 valence electrons. The molecule has 0 radical (unpaired) electrons. The van der Waals surface area contributed by atoms with E-state index in [1.165, 1.54) is 12.1 Å². The largest absolute Gasteiger partial charge is 0.332 e. The Bertz CT molecular complexity index is 905. The number of hydrogen-bond donors (Lipinski definition) is 0. The Morgan fingerprint density at radius 1 is 1.04 bits per heavy atom. The van der Waals surface area contributed by atoms with Gasteiger partial charge in [-0.2, -0.15) is 0 Å². The summed E-state index contributed by atoms with van der Waals surface area (Å²) in [5.41, 5.74) is 2.88. The van der Waals surface area contributed by atoms with Crippen LogP contribution in [0.15, 0.2) is 54.9 Å². The normalized spacial score (nSPS) is 17.6. The zero-order chi connectivity index (χ0) is 17.2. The Labute approximate surface area is 145 Å². The van der Waals surface area contributed by atoms with E-state index in [1.807, 2.05) is 17.0 Å². The molecule has 25 heavy (non-hydrogen) atoms. The standard InChI is InChI=1S/C20H18FN3O/c21-15-9-7-14(8-10-15)18-6-1-2-13-24(18)20(25)16-4-3-5-17-19(16)23-12-11-22-17/h3-5,7-12,18H,1-2,6,13H2. The summed E-state index contributed by atoms with van der Waals surface area (Å²) in [6.45, 7) is 0.692. The van der Waals surface area contributed by atoms with Gasteiger partial charge in [0.05, 0.1) is 17.1 Å². The van der Waals surface area contributed by atoms with Crippen molar-refractivity contribution in [3.63, 3.8) is 0 Å². The first-order valence-electron chi connectivity index (χ1n) is 8.50. The van der Waals surface area contributed by atoms with Crippen molar-refractivity contribution >= 4 is 16.9 Å². The van der Waals surface area contributed by atoms with Crippen molar-refractivity contribution in [2.75, 3.05) is 6.54 Å². The van der Waals surface area contributed by atoms with Gasteiger partial charge in [-0.15, -0.1) is 0 Å². The fourth-order valence-electron chi connectivity index (χ4n) is 3.53. The van der Waals surface area contributed by atoms with E-state index in [0.29, 0.717) is 23.1 Å². The molecule has 1 unspecified atom stereocenters. The Hall–Kier alpha value is -2.82. The second-order valence-electron chi connectivity index (χ2n) is 6.29. The summed E-state index contributed by atoms with van der Waals surface area (Å²) in [5.74, 6) is -0.304. The third-order valence-electron chi connectivity index (χ3n) is 4.75. The van der Waals surface area contributed by atoms with Gasteiger partial charge in [-0.05, 0) is 49.1 Å². The summed E-state index contributed by atoms with van der Waals surface area (Å²) in [5, 5.41) is 0. The average Bonchev–Trinajstić information content (AvgIpc) is 2.68. The zero-order valence-corrected chi connectivity index (χ0v) is 13.7. The highest BCUT2D eigenvalue weighted by Crippen LogP contribution is 2.33. The maximum atomic E-state index is 13.3. The van der Waals surface area contributed by atoms with Crippen LogP contribution < -0.4 is 0 Å². The molecule has 1 aliphatic rings. The molecule has 1 aliphatic heterocycles. The van der Waals surface area contributed by atoms with Crippen LogP contribution in [-0.4, -0.2) is 27.3 Å². The van der Waals surface area contributed by atoms with Crippen molar-refractivity contribution in [1.82, 2.24) is 14.9 Å². The molecule has 1 aromatic heterocycles. The van der Waals surface area contributed by atoms with Gasteiger partial charge >= 0.3 is 0 Å². The number of halogens is 1. The number of fused-ring (bicyclic) bond motifs is 1. The molecule has 1 amide bonds. The Morgan fingerprint density at radius 2 is 1.84 bits per heavy atom. The van der Waals surface area contributed by atoms with E-state index in [-0.39, 0.29) is 17.8 Å². The SMILES string of the molecule is O=C(c1cccc2nccnc12)N1CCCCC1c1ccc(F)cc1. The number of carbonyl (C=O) groups is 1. The summed E-state index contributed by atoms with van der Waals surface area (Å²) in [7, 11) is 0. The van der Waals surface area contributed by atoms with Gasteiger partial charge in [-0.3, -0.25) is 14.8 Å². The minimum Gasteiger partial charge on any atom is -0.332 e. The number of rotatable bonds is 2. The molecule has 2 aromatic carbocycles. The smallest absolute Gasteiger partial charge is 0.256 e. The third kappa shape index (κ3) is 2.97. The van der Waals surface area contributed by atoms with Gasteiger partial charge < -0.3 is 4.90 Å². The summed E-state index contributed by atoms with van der Waals surface area (Å²) in [6.07, 6.45) is 6.14. The van der Waals surface area contributed by atoms with Crippen LogP contribution in [0.25, 0.3) is 11.0 Å². The highest BCUT2D eigenvalue weighted by molar-refractivity contribution is 6.04. The minimum absolute atomic E-state index is 0.0335. The van der Waals surface area contributed by atoms with Gasteiger partial charge in [0, 0.05) is 18.9 Å². The lowest BCUT2D eigenvalue weighted by Gasteiger charge is -2.36. The highest BCUT2D eigenvalue weighted by atomic mass is 19.1. The van der Waals surface area contributed by atoms with Crippen molar-refractivity contribution < 1.29 is 9.18 Å². The zero-order valence-electron chi connectivity index (χ0n) is 13.7. The molecule has 0 aliphatic carbocycles. The van der Waals surface area contributed by atoms with E-state index in [9.17, 15) is 9.18 Å². The lowest BCUT2D eigenvalue weighted by atomic mass is 9.94. The molecule has 3 aromatic rings. The summed E-state index contributed by atoms with van der Waals surface area (Å²) in [6, 6.07) is 11.9. The van der Waals surface area contributed by atoms with Crippen molar-refractivity contribution in [2.45, 2.75) is 25.3 Å². The summed E-state index contributed by atoms with van der Waals surface area (Å²) < 4.78 is 13.3. The van der Waals surface area contributed by atoms with Crippen LogP contribution in [0, 0.1) is 5.82 Å². The predicted molar refractivity (Wildman–Crippen MR) is 93.6 cm³/mol. The second-order valence-corrected chi connectivity index (χ2v) is 6.29. The van der Waals surface area contributed by atoms with Gasteiger partial charge in [-0.25, -0.2) is 4.39 Å². The monoisotopic (exact) mass is 335 g/mol. The number of aromatic nitrogens is 2. The van der Waals surface area contributed by atoms with Gasteiger partial charge in [-0.1, -0.05) is 18.2 Å². The van der Waals surface area contributed by atoms with E-state index in [0.717, 1.165) is 24.8 Å². The highest BCUT2D eigenvalue weighted by Gasteiger charge is 2.29. The molecule has 1 fully saturated rings.